The molecule has 0 N–H and O–H groups in total. The van der Waals surface area contributed by atoms with Gasteiger partial charge in [0.25, 0.3) is 5.56 Å². The number of nitrogens with zero attached hydrogens (tertiary/aromatic N) is 2. The van der Waals surface area contributed by atoms with Crippen molar-refractivity contribution in [3.05, 3.63) is 39.5 Å². The SMILES string of the molecule is Cc1ccc(-c2ccc(=O)n(C)n2)s1. The van der Waals surface area contributed by atoms with Crippen molar-refractivity contribution >= 4 is 11.3 Å². The summed E-state index contributed by atoms with van der Waals surface area (Å²) >= 11 is 1.68. The predicted molar refractivity (Wildman–Crippen MR) is 57.5 cm³/mol. The van der Waals surface area contributed by atoms with Gasteiger partial charge in [0.15, 0.2) is 0 Å². The monoisotopic (exact) mass is 206 g/mol. The van der Waals surface area contributed by atoms with Crippen LogP contribution in [-0.4, -0.2) is 9.78 Å². The summed E-state index contributed by atoms with van der Waals surface area (Å²) in [5.41, 5.74) is 0.771. The zero-order chi connectivity index (χ0) is 10.1. The highest BCUT2D eigenvalue weighted by molar-refractivity contribution is 7.15. The fraction of sp³-hybridized carbons (Fsp3) is 0.200. The Morgan fingerprint density at radius 1 is 1.29 bits per heavy atom. The maximum atomic E-state index is 11.1. The molecule has 3 nitrogen and oxygen atoms in total. The summed E-state index contributed by atoms with van der Waals surface area (Å²) in [6.07, 6.45) is 0. The molecule has 0 aliphatic rings. The summed E-state index contributed by atoms with van der Waals surface area (Å²) in [6, 6.07) is 7.37. The lowest BCUT2D eigenvalue weighted by molar-refractivity contribution is 0.712. The molecule has 0 saturated carbocycles. The highest BCUT2D eigenvalue weighted by atomic mass is 32.1. The number of hydrogen-bond acceptors (Lipinski definition) is 3. The Morgan fingerprint density at radius 2 is 2.07 bits per heavy atom. The van der Waals surface area contributed by atoms with Crippen LogP contribution < -0.4 is 5.56 Å². The number of hydrogen-bond donors (Lipinski definition) is 0. The number of thiophene rings is 1. The average molecular weight is 206 g/mol. The molecule has 72 valence electrons. The highest BCUT2D eigenvalue weighted by Gasteiger charge is 2.02. The highest BCUT2D eigenvalue weighted by Crippen LogP contribution is 2.24. The van der Waals surface area contributed by atoms with Gasteiger partial charge in [-0.1, -0.05) is 0 Å². The molecule has 0 atom stereocenters. The van der Waals surface area contributed by atoms with Gasteiger partial charge in [-0.05, 0) is 25.1 Å². The van der Waals surface area contributed by atoms with E-state index in [0.717, 1.165) is 10.6 Å². The summed E-state index contributed by atoms with van der Waals surface area (Å²) < 4.78 is 1.35. The van der Waals surface area contributed by atoms with Crippen molar-refractivity contribution in [2.45, 2.75) is 6.92 Å². The molecular weight excluding hydrogens is 196 g/mol. The first-order chi connectivity index (χ1) is 6.66. The van der Waals surface area contributed by atoms with Gasteiger partial charge in [-0.25, -0.2) is 4.68 Å². The van der Waals surface area contributed by atoms with Crippen LogP contribution in [0.5, 0.6) is 0 Å². The van der Waals surface area contributed by atoms with E-state index < -0.39 is 0 Å². The quantitative estimate of drug-likeness (QED) is 0.713. The Bertz CT molecular complexity index is 513. The second-order valence-electron chi connectivity index (χ2n) is 3.09. The smallest absolute Gasteiger partial charge is 0.266 e. The van der Waals surface area contributed by atoms with Crippen LogP contribution in [0.15, 0.2) is 29.1 Å². The average Bonchev–Trinajstić information content (AvgIpc) is 2.57. The molecule has 0 aliphatic carbocycles. The van der Waals surface area contributed by atoms with Gasteiger partial charge in [0.2, 0.25) is 0 Å². The van der Waals surface area contributed by atoms with E-state index in [-0.39, 0.29) is 5.56 Å². The molecule has 2 aromatic rings. The fourth-order valence-electron chi connectivity index (χ4n) is 1.21. The summed E-state index contributed by atoms with van der Waals surface area (Å²) in [4.78, 5) is 13.5. The van der Waals surface area contributed by atoms with Gasteiger partial charge in [-0.15, -0.1) is 11.3 Å². The van der Waals surface area contributed by atoms with Crippen molar-refractivity contribution in [2.24, 2.45) is 7.05 Å². The molecule has 14 heavy (non-hydrogen) atoms. The lowest BCUT2D eigenvalue weighted by Gasteiger charge is -1.98. The van der Waals surface area contributed by atoms with E-state index >= 15 is 0 Å². The van der Waals surface area contributed by atoms with Gasteiger partial charge in [0.05, 0.1) is 4.88 Å². The van der Waals surface area contributed by atoms with E-state index in [4.69, 9.17) is 0 Å². The number of aromatic nitrogens is 2. The summed E-state index contributed by atoms with van der Waals surface area (Å²) in [5.74, 6) is 0. The normalized spacial score (nSPS) is 10.4. The number of aryl methyl sites for hydroxylation is 2. The Balaban J connectivity index is 2.52. The molecule has 0 bridgehead atoms. The van der Waals surface area contributed by atoms with Gasteiger partial charge in [-0.3, -0.25) is 4.79 Å². The molecule has 2 rings (SSSR count). The van der Waals surface area contributed by atoms with E-state index in [2.05, 4.69) is 12.0 Å². The van der Waals surface area contributed by atoms with Crippen LogP contribution in [0.2, 0.25) is 0 Å². The predicted octanol–water partition coefficient (Wildman–Crippen LogP) is 1.82. The van der Waals surface area contributed by atoms with Crippen molar-refractivity contribution in [3.8, 4) is 10.6 Å². The summed E-state index contributed by atoms with van der Waals surface area (Å²) in [6.45, 7) is 2.05. The first kappa shape index (κ1) is 9.15. The molecule has 0 aromatic carbocycles. The Kier molecular flexibility index (Phi) is 2.21. The van der Waals surface area contributed by atoms with Gasteiger partial charge in [-0.2, -0.15) is 5.10 Å². The van der Waals surface area contributed by atoms with E-state index in [1.54, 1.807) is 24.5 Å². The van der Waals surface area contributed by atoms with Crippen molar-refractivity contribution in [2.75, 3.05) is 0 Å². The maximum absolute atomic E-state index is 11.1. The summed E-state index contributed by atoms with van der Waals surface area (Å²) in [5, 5.41) is 4.17. The molecular formula is C10H10N2OS. The third-order valence-corrected chi connectivity index (χ3v) is 2.98. The Hall–Kier alpha value is -1.42. The van der Waals surface area contributed by atoms with Crippen LogP contribution in [0, 0.1) is 6.92 Å². The zero-order valence-corrected chi connectivity index (χ0v) is 8.84. The van der Waals surface area contributed by atoms with E-state index in [1.807, 2.05) is 12.1 Å². The minimum atomic E-state index is -0.0815. The standard InChI is InChI=1S/C10H10N2OS/c1-7-3-5-9(14-7)8-4-6-10(13)12(2)11-8/h3-6H,1-2H3. The van der Waals surface area contributed by atoms with E-state index in [9.17, 15) is 4.79 Å². The van der Waals surface area contributed by atoms with Gasteiger partial charge in [0, 0.05) is 18.0 Å². The Morgan fingerprint density at radius 3 is 2.64 bits per heavy atom. The lowest BCUT2D eigenvalue weighted by Crippen LogP contribution is -2.17. The minimum Gasteiger partial charge on any atom is -0.268 e. The molecule has 4 heteroatoms. The molecule has 0 unspecified atom stereocenters. The van der Waals surface area contributed by atoms with Crippen molar-refractivity contribution in [1.82, 2.24) is 9.78 Å². The topological polar surface area (TPSA) is 34.9 Å². The van der Waals surface area contributed by atoms with Gasteiger partial charge >= 0.3 is 0 Å². The van der Waals surface area contributed by atoms with Crippen LogP contribution >= 0.6 is 11.3 Å². The first-order valence-electron chi connectivity index (χ1n) is 4.28. The number of rotatable bonds is 1. The van der Waals surface area contributed by atoms with Crippen molar-refractivity contribution in [1.29, 1.82) is 0 Å². The molecule has 0 aliphatic heterocycles. The molecule has 2 heterocycles. The molecule has 2 aromatic heterocycles. The molecule has 0 spiro atoms. The van der Waals surface area contributed by atoms with Gasteiger partial charge in [0.1, 0.15) is 5.69 Å². The van der Waals surface area contributed by atoms with Crippen molar-refractivity contribution < 1.29 is 0 Å². The molecule has 0 amide bonds. The maximum Gasteiger partial charge on any atom is 0.266 e. The van der Waals surface area contributed by atoms with Crippen LogP contribution in [0.25, 0.3) is 10.6 Å². The van der Waals surface area contributed by atoms with Crippen LogP contribution in [0.1, 0.15) is 4.88 Å². The van der Waals surface area contributed by atoms with Crippen LogP contribution in [-0.2, 0) is 7.05 Å². The fourth-order valence-corrected chi connectivity index (χ4v) is 2.04. The molecule has 0 saturated heterocycles. The third kappa shape index (κ3) is 1.61. The lowest BCUT2D eigenvalue weighted by atomic mass is 10.3. The minimum absolute atomic E-state index is 0.0815. The second-order valence-corrected chi connectivity index (χ2v) is 4.38. The Labute approximate surface area is 85.6 Å². The van der Waals surface area contributed by atoms with E-state index in [0.29, 0.717) is 0 Å². The van der Waals surface area contributed by atoms with Gasteiger partial charge < -0.3 is 0 Å². The third-order valence-electron chi connectivity index (χ3n) is 1.95. The first-order valence-corrected chi connectivity index (χ1v) is 5.09. The zero-order valence-electron chi connectivity index (χ0n) is 8.02. The molecule has 0 fully saturated rings. The second kappa shape index (κ2) is 3.38. The van der Waals surface area contributed by atoms with Crippen LogP contribution in [0.4, 0.5) is 0 Å². The van der Waals surface area contributed by atoms with E-state index in [1.165, 1.54) is 15.6 Å². The van der Waals surface area contributed by atoms with Crippen LogP contribution in [0.3, 0.4) is 0 Å². The van der Waals surface area contributed by atoms with Crippen molar-refractivity contribution in [3.63, 3.8) is 0 Å². The molecule has 0 radical (unpaired) electrons. The summed E-state index contributed by atoms with van der Waals surface area (Å²) in [7, 11) is 1.66. The largest absolute Gasteiger partial charge is 0.268 e.